The van der Waals surface area contributed by atoms with Gasteiger partial charge in [-0.05, 0) is 31.5 Å². The summed E-state index contributed by atoms with van der Waals surface area (Å²) in [6.07, 6.45) is 7.01. The first-order valence-corrected chi connectivity index (χ1v) is 7.73. The Hall–Kier alpha value is -2.47. The number of imidazole rings is 1. The maximum atomic E-state index is 12.2. The summed E-state index contributed by atoms with van der Waals surface area (Å²) in [7, 11) is 0. The number of carbonyl (C=O) groups excluding carboxylic acids is 1. The van der Waals surface area contributed by atoms with E-state index in [1.165, 1.54) is 0 Å². The monoisotopic (exact) mass is 312 g/mol. The normalized spacial score (nSPS) is 10.6. The van der Waals surface area contributed by atoms with E-state index in [-0.39, 0.29) is 5.91 Å². The maximum Gasteiger partial charge on any atom is 0.252 e. The van der Waals surface area contributed by atoms with E-state index in [4.69, 9.17) is 0 Å². The van der Waals surface area contributed by atoms with Crippen molar-refractivity contribution in [1.29, 1.82) is 0 Å². The summed E-state index contributed by atoms with van der Waals surface area (Å²) < 4.78 is 1.83. The molecule has 0 atom stereocenters. The Bertz CT molecular complexity index is 775. The predicted molar refractivity (Wildman–Crippen MR) is 86.3 cm³/mol. The van der Waals surface area contributed by atoms with Crippen LogP contribution in [0.15, 0.2) is 43.1 Å². The van der Waals surface area contributed by atoms with E-state index in [0.717, 1.165) is 26.7 Å². The van der Waals surface area contributed by atoms with E-state index in [1.807, 2.05) is 42.8 Å². The number of nitrogens with zero attached hydrogens (tertiary/aromatic N) is 3. The molecule has 6 heteroatoms. The van der Waals surface area contributed by atoms with E-state index in [2.05, 4.69) is 15.3 Å². The minimum Gasteiger partial charge on any atom is -0.348 e. The van der Waals surface area contributed by atoms with Gasteiger partial charge in [0.1, 0.15) is 12.1 Å². The van der Waals surface area contributed by atoms with Gasteiger partial charge < -0.3 is 5.32 Å². The lowest BCUT2D eigenvalue weighted by Gasteiger charge is -2.06. The molecule has 3 rings (SSSR count). The van der Waals surface area contributed by atoms with Gasteiger partial charge in [-0.25, -0.2) is 9.97 Å². The van der Waals surface area contributed by atoms with Crippen molar-refractivity contribution in [1.82, 2.24) is 19.9 Å². The number of thiophene rings is 1. The zero-order valence-corrected chi connectivity index (χ0v) is 13.2. The van der Waals surface area contributed by atoms with E-state index >= 15 is 0 Å². The van der Waals surface area contributed by atoms with Crippen molar-refractivity contribution in [2.24, 2.45) is 0 Å². The van der Waals surface area contributed by atoms with Crippen LogP contribution in [-0.2, 0) is 6.54 Å². The second-order valence-corrected chi connectivity index (χ2v) is 6.46. The van der Waals surface area contributed by atoms with Crippen molar-refractivity contribution in [3.8, 4) is 5.82 Å². The molecule has 0 aliphatic heterocycles. The van der Waals surface area contributed by atoms with Gasteiger partial charge in [0.05, 0.1) is 5.56 Å². The summed E-state index contributed by atoms with van der Waals surface area (Å²) in [4.78, 5) is 22.7. The largest absolute Gasteiger partial charge is 0.348 e. The summed E-state index contributed by atoms with van der Waals surface area (Å²) >= 11 is 1.64. The van der Waals surface area contributed by atoms with Gasteiger partial charge in [-0.3, -0.25) is 9.36 Å². The molecule has 0 spiro atoms. The van der Waals surface area contributed by atoms with Crippen LogP contribution in [0.5, 0.6) is 0 Å². The van der Waals surface area contributed by atoms with Crippen molar-refractivity contribution in [2.45, 2.75) is 20.4 Å². The van der Waals surface area contributed by atoms with Gasteiger partial charge in [0.25, 0.3) is 5.91 Å². The van der Waals surface area contributed by atoms with E-state index in [0.29, 0.717) is 6.54 Å². The third-order valence-electron chi connectivity index (χ3n) is 3.32. The average molecular weight is 312 g/mol. The summed E-state index contributed by atoms with van der Waals surface area (Å²) in [5.74, 6) is 0.761. The number of amides is 1. The van der Waals surface area contributed by atoms with Crippen LogP contribution < -0.4 is 5.32 Å². The Kier molecular flexibility index (Phi) is 4.02. The van der Waals surface area contributed by atoms with Crippen molar-refractivity contribution in [3.63, 3.8) is 0 Å². The molecule has 0 fully saturated rings. The maximum absolute atomic E-state index is 12.2. The molecule has 0 aromatic carbocycles. The van der Waals surface area contributed by atoms with Crippen molar-refractivity contribution >= 4 is 17.2 Å². The first kappa shape index (κ1) is 14.5. The molecule has 0 aliphatic carbocycles. The highest BCUT2D eigenvalue weighted by Crippen LogP contribution is 2.20. The number of pyridine rings is 1. The highest BCUT2D eigenvalue weighted by Gasteiger charge is 2.11. The first-order valence-electron chi connectivity index (χ1n) is 6.92. The standard InChI is InChI=1S/C16H16N4OS/c1-11-7-14(12(2)22-11)16(21)19-9-13-3-4-15(18-8-13)20-6-5-17-10-20/h3-8,10H,9H2,1-2H3,(H,19,21). The Morgan fingerprint density at radius 1 is 1.36 bits per heavy atom. The van der Waals surface area contributed by atoms with Gasteiger partial charge in [0.15, 0.2) is 0 Å². The Labute approximate surface area is 132 Å². The van der Waals surface area contributed by atoms with Gasteiger partial charge >= 0.3 is 0 Å². The molecule has 0 unspecified atom stereocenters. The molecule has 0 bridgehead atoms. The lowest BCUT2D eigenvalue weighted by atomic mass is 10.2. The fourth-order valence-electron chi connectivity index (χ4n) is 2.20. The van der Waals surface area contributed by atoms with E-state index < -0.39 is 0 Å². The number of nitrogens with one attached hydrogen (secondary N) is 1. The molecule has 5 nitrogen and oxygen atoms in total. The summed E-state index contributed by atoms with van der Waals surface area (Å²) in [5.41, 5.74) is 1.72. The molecule has 0 saturated carbocycles. The SMILES string of the molecule is Cc1cc(C(=O)NCc2ccc(-n3ccnc3)nc2)c(C)s1. The molecule has 1 amide bonds. The number of aromatic nitrogens is 3. The smallest absolute Gasteiger partial charge is 0.252 e. The lowest BCUT2D eigenvalue weighted by Crippen LogP contribution is -2.23. The van der Waals surface area contributed by atoms with E-state index in [9.17, 15) is 4.79 Å². The Morgan fingerprint density at radius 3 is 2.82 bits per heavy atom. The second kappa shape index (κ2) is 6.11. The summed E-state index contributed by atoms with van der Waals surface area (Å²) in [6.45, 7) is 4.44. The van der Waals surface area contributed by atoms with Crippen LogP contribution in [0.1, 0.15) is 25.7 Å². The van der Waals surface area contributed by atoms with Crippen molar-refractivity contribution in [3.05, 3.63) is 64.0 Å². The highest BCUT2D eigenvalue weighted by molar-refractivity contribution is 7.12. The molecular weight excluding hydrogens is 296 g/mol. The quantitative estimate of drug-likeness (QED) is 0.806. The zero-order chi connectivity index (χ0) is 15.5. The molecule has 22 heavy (non-hydrogen) atoms. The number of hydrogen-bond donors (Lipinski definition) is 1. The Balaban J connectivity index is 1.64. The molecule has 1 N–H and O–H groups in total. The fourth-order valence-corrected chi connectivity index (χ4v) is 3.12. The minimum absolute atomic E-state index is 0.0412. The van der Waals surface area contributed by atoms with Crippen molar-refractivity contribution in [2.75, 3.05) is 0 Å². The molecule has 0 saturated heterocycles. The predicted octanol–water partition coefficient (Wildman–Crippen LogP) is 2.88. The van der Waals surface area contributed by atoms with Crippen LogP contribution in [0.4, 0.5) is 0 Å². The topological polar surface area (TPSA) is 59.8 Å². The highest BCUT2D eigenvalue weighted by atomic mass is 32.1. The van der Waals surface area contributed by atoms with Crippen LogP contribution in [0.3, 0.4) is 0 Å². The number of carbonyl (C=O) groups is 1. The van der Waals surface area contributed by atoms with Crippen LogP contribution in [0, 0.1) is 13.8 Å². The number of aryl methyl sites for hydroxylation is 2. The van der Waals surface area contributed by atoms with Crippen LogP contribution >= 0.6 is 11.3 Å². The van der Waals surface area contributed by atoms with Crippen LogP contribution in [-0.4, -0.2) is 20.4 Å². The third-order valence-corrected chi connectivity index (χ3v) is 4.28. The third kappa shape index (κ3) is 3.07. The van der Waals surface area contributed by atoms with Crippen molar-refractivity contribution < 1.29 is 4.79 Å². The van der Waals surface area contributed by atoms with Crippen LogP contribution in [0.25, 0.3) is 5.82 Å². The van der Waals surface area contributed by atoms with Gasteiger partial charge in [0, 0.05) is 34.9 Å². The van der Waals surface area contributed by atoms with Gasteiger partial charge in [-0.15, -0.1) is 11.3 Å². The van der Waals surface area contributed by atoms with Gasteiger partial charge in [-0.2, -0.15) is 0 Å². The molecule has 0 radical (unpaired) electrons. The van der Waals surface area contributed by atoms with Crippen LogP contribution in [0.2, 0.25) is 0 Å². The Morgan fingerprint density at radius 2 is 2.23 bits per heavy atom. The lowest BCUT2D eigenvalue weighted by molar-refractivity contribution is 0.0951. The first-order chi connectivity index (χ1) is 10.6. The van der Waals surface area contributed by atoms with Gasteiger partial charge in [0.2, 0.25) is 0 Å². The fraction of sp³-hybridized carbons (Fsp3) is 0.188. The molecule has 0 aliphatic rings. The second-order valence-electron chi connectivity index (χ2n) is 5.00. The minimum atomic E-state index is -0.0412. The number of rotatable bonds is 4. The molecule has 3 aromatic rings. The molecule has 3 heterocycles. The molecule has 112 valence electrons. The summed E-state index contributed by atoms with van der Waals surface area (Å²) in [5, 5.41) is 2.93. The molecular formula is C16H16N4OS. The zero-order valence-electron chi connectivity index (χ0n) is 12.4. The molecule has 3 aromatic heterocycles. The average Bonchev–Trinajstić information content (AvgIpc) is 3.15. The summed E-state index contributed by atoms with van der Waals surface area (Å²) in [6, 6.07) is 5.78. The van der Waals surface area contributed by atoms with Gasteiger partial charge in [-0.1, -0.05) is 6.07 Å². The number of hydrogen-bond acceptors (Lipinski definition) is 4. The van der Waals surface area contributed by atoms with E-state index in [1.54, 1.807) is 30.1 Å².